The van der Waals surface area contributed by atoms with Crippen molar-refractivity contribution < 1.29 is 4.42 Å². The number of hydrogen-bond acceptors (Lipinski definition) is 2. The highest BCUT2D eigenvalue weighted by atomic mass is 79.9. The standard InChI is InChI=1S/C9H8BrClN2O/c1-2-13-7(10)5-12-9(13)6-3-4-8(11)14-6/h3-5H,2H2,1H3. The Labute approximate surface area is 94.8 Å². The van der Waals surface area contributed by atoms with E-state index in [1.54, 1.807) is 12.3 Å². The summed E-state index contributed by atoms with van der Waals surface area (Å²) in [5.41, 5.74) is 0. The van der Waals surface area contributed by atoms with Crippen molar-refractivity contribution in [1.82, 2.24) is 9.55 Å². The molecular formula is C9H8BrClN2O. The van der Waals surface area contributed by atoms with Crippen LogP contribution in [0.5, 0.6) is 0 Å². The van der Waals surface area contributed by atoms with Gasteiger partial charge in [-0.3, -0.25) is 0 Å². The number of rotatable bonds is 2. The minimum Gasteiger partial charge on any atom is -0.441 e. The largest absolute Gasteiger partial charge is 0.441 e. The minimum atomic E-state index is 0.377. The Kier molecular flexibility index (Phi) is 2.65. The van der Waals surface area contributed by atoms with Gasteiger partial charge in [0.15, 0.2) is 16.8 Å². The molecule has 0 radical (unpaired) electrons. The number of hydrogen-bond donors (Lipinski definition) is 0. The van der Waals surface area contributed by atoms with E-state index in [2.05, 4.69) is 20.9 Å². The summed E-state index contributed by atoms with van der Waals surface area (Å²) in [4.78, 5) is 4.23. The van der Waals surface area contributed by atoms with E-state index in [1.165, 1.54) is 0 Å². The van der Waals surface area contributed by atoms with Gasteiger partial charge in [-0.1, -0.05) is 0 Å². The van der Waals surface area contributed by atoms with Crippen LogP contribution >= 0.6 is 27.5 Å². The van der Waals surface area contributed by atoms with Crippen molar-refractivity contribution in [2.75, 3.05) is 0 Å². The van der Waals surface area contributed by atoms with Crippen LogP contribution < -0.4 is 0 Å². The van der Waals surface area contributed by atoms with Gasteiger partial charge in [0.25, 0.3) is 0 Å². The van der Waals surface area contributed by atoms with Crippen molar-refractivity contribution >= 4 is 27.5 Å². The molecule has 0 aromatic carbocycles. The summed E-state index contributed by atoms with van der Waals surface area (Å²) in [6, 6.07) is 3.52. The molecule has 14 heavy (non-hydrogen) atoms. The third-order valence-electron chi connectivity index (χ3n) is 1.92. The predicted octanol–water partition coefficient (Wildman–Crippen LogP) is 3.58. The van der Waals surface area contributed by atoms with Crippen molar-refractivity contribution in [1.29, 1.82) is 0 Å². The summed E-state index contributed by atoms with van der Waals surface area (Å²) in [5.74, 6) is 1.47. The molecule has 0 saturated carbocycles. The summed E-state index contributed by atoms with van der Waals surface area (Å²) >= 11 is 9.10. The monoisotopic (exact) mass is 274 g/mol. The van der Waals surface area contributed by atoms with Crippen LogP contribution in [0, 0.1) is 0 Å². The molecule has 0 fully saturated rings. The van der Waals surface area contributed by atoms with Gasteiger partial charge in [-0.2, -0.15) is 0 Å². The Bertz CT molecular complexity index is 449. The molecular weight excluding hydrogens is 267 g/mol. The second kappa shape index (κ2) is 3.79. The molecule has 0 aliphatic heterocycles. The van der Waals surface area contributed by atoms with Gasteiger partial charge in [-0.05, 0) is 46.6 Å². The zero-order chi connectivity index (χ0) is 10.1. The zero-order valence-corrected chi connectivity index (χ0v) is 9.84. The molecule has 0 atom stereocenters. The molecule has 3 nitrogen and oxygen atoms in total. The van der Waals surface area contributed by atoms with Crippen molar-refractivity contribution in [3.63, 3.8) is 0 Å². The average molecular weight is 276 g/mol. The van der Waals surface area contributed by atoms with Crippen LogP contribution in [0.15, 0.2) is 27.3 Å². The molecule has 0 unspecified atom stereocenters. The van der Waals surface area contributed by atoms with Crippen LogP contribution in [0.1, 0.15) is 6.92 Å². The smallest absolute Gasteiger partial charge is 0.194 e. The fraction of sp³-hybridized carbons (Fsp3) is 0.222. The van der Waals surface area contributed by atoms with Gasteiger partial charge in [-0.15, -0.1) is 0 Å². The highest BCUT2D eigenvalue weighted by molar-refractivity contribution is 9.10. The van der Waals surface area contributed by atoms with E-state index in [9.17, 15) is 0 Å². The van der Waals surface area contributed by atoms with Gasteiger partial charge >= 0.3 is 0 Å². The summed E-state index contributed by atoms with van der Waals surface area (Å²) in [7, 11) is 0. The van der Waals surface area contributed by atoms with E-state index in [0.717, 1.165) is 17.0 Å². The molecule has 2 rings (SSSR count). The number of halogens is 2. The molecule has 0 saturated heterocycles. The van der Waals surface area contributed by atoms with Crippen molar-refractivity contribution in [3.8, 4) is 11.6 Å². The second-order valence-corrected chi connectivity index (χ2v) is 3.94. The third-order valence-corrected chi connectivity index (χ3v) is 2.75. The molecule has 2 aromatic heterocycles. The Morgan fingerprint density at radius 1 is 1.57 bits per heavy atom. The number of imidazole rings is 1. The predicted molar refractivity (Wildman–Crippen MR) is 58.3 cm³/mol. The first-order chi connectivity index (χ1) is 6.72. The summed E-state index contributed by atoms with van der Waals surface area (Å²) < 4.78 is 8.21. The number of nitrogens with zero attached hydrogens (tertiary/aromatic N) is 2. The lowest BCUT2D eigenvalue weighted by Gasteiger charge is -2.02. The molecule has 0 amide bonds. The van der Waals surface area contributed by atoms with E-state index >= 15 is 0 Å². The van der Waals surface area contributed by atoms with Crippen LogP contribution in [0.3, 0.4) is 0 Å². The van der Waals surface area contributed by atoms with Gasteiger partial charge in [0.05, 0.1) is 6.20 Å². The molecule has 0 bridgehead atoms. The molecule has 0 N–H and O–H groups in total. The highest BCUT2D eigenvalue weighted by Crippen LogP contribution is 2.26. The third kappa shape index (κ3) is 1.60. The van der Waals surface area contributed by atoms with Crippen LogP contribution in [0.4, 0.5) is 0 Å². The molecule has 2 heterocycles. The normalized spacial score (nSPS) is 10.8. The average Bonchev–Trinajstić information content (AvgIpc) is 2.71. The Morgan fingerprint density at radius 2 is 2.36 bits per heavy atom. The van der Waals surface area contributed by atoms with Gasteiger partial charge in [0, 0.05) is 6.54 Å². The molecule has 74 valence electrons. The van der Waals surface area contributed by atoms with Gasteiger partial charge in [0.1, 0.15) is 4.60 Å². The topological polar surface area (TPSA) is 31.0 Å². The highest BCUT2D eigenvalue weighted by Gasteiger charge is 2.11. The molecule has 2 aromatic rings. The van der Waals surface area contributed by atoms with E-state index in [1.807, 2.05) is 17.6 Å². The molecule has 0 aliphatic rings. The quantitative estimate of drug-likeness (QED) is 0.839. The van der Waals surface area contributed by atoms with Gasteiger partial charge in [0.2, 0.25) is 0 Å². The maximum atomic E-state index is 5.70. The number of furan rings is 1. The first-order valence-electron chi connectivity index (χ1n) is 4.19. The SMILES string of the molecule is CCn1c(Br)cnc1-c1ccc(Cl)o1. The van der Waals surface area contributed by atoms with Gasteiger partial charge in [-0.25, -0.2) is 4.98 Å². The first kappa shape index (κ1) is 9.80. The summed E-state index contributed by atoms with van der Waals surface area (Å²) in [5, 5.41) is 0.377. The maximum absolute atomic E-state index is 5.70. The lowest BCUT2D eigenvalue weighted by molar-refractivity contribution is 0.571. The van der Waals surface area contributed by atoms with Crippen molar-refractivity contribution in [2.45, 2.75) is 13.5 Å². The lowest BCUT2D eigenvalue weighted by Crippen LogP contribution is -1.96. The zero-order valence-electron chi connectivity index (χ0n) is 7.50. The molecule has 5 heteroatoms. The second-order valence-electron chi connectivity index (χ2n) is 2.75. The number of aromatic nitrogens is 2. The Balaban J connectivity index is 2.51. The van der Waals surface area contributed by atoms with Crippen LogP contribution in [-0.2, 0) is 6.54 Å². The van der Waals surface area contributed by atoms with Crippen molar-refractivity contribution in [2.24, 2.45) is 0 Å². The lowest BCUT2D eigenvalue weighted by atomic mass is 10.4. The van der Waals surface area contributed by atoms with Crippen LogP contribution in [-0.4, -0.2) is 9.55 Å². The van der Waals surface area contributed by atoms with Crippen LogP contribution in [0.2, 0.25) is 5.22 Å². The van der Waals surface area contributed by atoms with E-state index < -0.39 is 0 Å². The van der Waals surface area contributed by atoms with E-state index in [-0.39, 0.29) is 0 Å². The fourth-order valence-electron chi connectivity index (χ4n) is 1.29. The summed E-state index contributed by atoms with van der Waals surface area (Å²) in [6.45, 7) is 2.87. The minimum absolute atomic E-state index is 0.377. The first-order valence-corrected chi connectivity index (χ1v) is 5.36. The fourth-order valence-corrected chi connectivity index (χ4v) is 1.95. The maximum Gasteiger partial charge on any atom is 0.194 e. The van der Waals surface area contributed by atoms with Crippen molar-refractivity contribution in [3.05, 3.63) is 28.2 Å². The van der Waals surface area contributed by atoms with E-state index in [0.29, 0.717) is 11.0 Å². The Morgan fingerprint density at radius 3 is 2.93 bits per heavy atom. The molecule has 0 spiro atoms. The van der Waals surface area contributed by atoms with Gasteiger partial charge < -0.3 is 8.98 Å². The summed E-state index contributed by atoms with van der Waals surface area (Å²) in [6.07, 6.45) is 1.75. The van der Waals surface area contributed by atoms with E-state index in [4.69, 9.17) is 16.0 Å². The Hall–Kier alpha value is -0.740. The molecule has 0 aliphatic carbocycles. The van der Waals surface area contributed by atoms with Crippen LogP contribution in [0.25, 0.3) is 11.6 Å².